The first-order valence-corrected chi connectivity index (χ1v) is 9.05. The summed E-state index contributed by atoms with van der Waals surface area (Å²) < 4.78 is 2.11. The van der Waals surface area contributed by atoms with E-state index in [-0.39, 0.29) is 0 Å². The zero-order valence-corrected chi connectivity index (χ0v) is 6.64. The fraction of sp³-hybridized carbons (Fsp3) is 0.500. The van der Waals surface area contributed by atoms with Crippen molar-refractivity contribution in [3.63, 3.8) is 0 Å². The molecule has 0 nitrogen and oxygen atoms in total. The van der Waals surface area contributed by atoms with Crippen LogP contribution in [0.4, 0.5) is 0 Å². The van der Waals surface area contributed by atoms with Crippen molar-refractivity contribution in [2.45, 2.75) is 9.88 Å². The second-order valence-electron chi connectivity index (χ2n) is 1.28. The molecule has 0 unspecified atom stereocenters. The van der Waals surface area contributed by atoms with Crippen molar-refractivity contribution in [3.8, 4) is 0 Å². The zero-order chi connectivity index (χ0) is 4.28. The van der Waals surface area contributed by atoms with E-state index in [1.165, 1.54) is 0 Å². The van der Waals surface area contributed by atoms with E-state index in [4.69, 9.17) is 0 Å². The van der Waals surface area contributed by atoms with E-state index >= 15 is 0 Å². The average molecular weight is 176 g/mol. The van der Waals surface area contributed by atoms with E-state index in [0.717, 1.165) is 0 Å². The molecule has 0 aromatic heterocycles. The van der Waals surface area contributed by atoms with Gasteiger partial charge in [0.1, 0.15) is 0 Å². The van der Waals surface area contributed by atoms with Gasteiger partial charge in [0.25, 0.3) is 0 Å². The van der Waals surface area contributed by atoms with Crippen molar-refractivity contribution in [3.05, 3.63) is 10.7 Å². The SMILES string of the molecule is C=[CH][Sn+]([CH3])[CH3]. The molecule has 0 heterocycles. The van der Waals surface area contributed by atoms with Crippen LogP contribution in [0.15, 0.2) is 10.7 Å². The summed E-state index contributed by atoms with van der Waals surface area (Å²) in [6.07, 6.45) is 0. The van der Waals surface area contributed by atoms with Crippen LogP contribution >= 0.6 is 0 Å². The van der Waals surface area contributed by atoms with Crippen molar-refractivity contribution in [1.29, 1.82) is 0 Å². The van der Waals surface area contributed by atoms with Crippen LogP contribution in [-0.2, 0) is 0 Å². The third-order valence-corrected chi connectivity index (χ3v) is 2.74. The van der Waals surface area contributed by atoms with Gasteiger partial charge in [-0.05, 0) is 0 Å². The predicted octanol–water partition coefficient (Wildman–Crippen LogP) is 1.47. The van der Waals surface area contributed by atoms with Crippen LogP contribution in [0.2, 0.25) is 9.88 Å². The van der Waals surface area contributed by atoms with Crippen LogP contribution in [0, 0.1) is 0 Å². The predicted molar refractivity (Wildman–Crippen MR) is 27.7 cm³/mol. The van der Waals surface area contributed by atoms with Crippen LogP contribution in [-0.4, -0.2) is 19.8 Å². The van der Waals surface area contributed by atoms with E-state index in [1.54, 1.807) is 0 Å². The van der Waals surface area contributed by atoms with Crippen molar-refractivity contribution in [2.75, 3.05) is 0 Å². The van der Waals surface area contributed by atoms with E-state index in [2.05, 4.69) is 20.6 Å². The summed E-state index contributed by atoms with van der Waals surface area (Å²) in [4.78, 5) is 4.60. The van der Waals surface area contributed by atoms with Crippen LogP contribution in [0.25, 0.3) is 0 Å². The molecule has 0 atom stereocenters. The molecular formula is C4H9Sn+. The molecule has 5 heavy (non-hydrogen) atoms. The molecule has 0 aliphatic carbocycles. The maximum atomic E-state index is 3.65. The first-order valence-electron chi connectivity index (χ1n) is 1.70. The summed E-state index contributed by atoms with van der Waals surface area (Å²) in [6.45, 7) is 3.65. The summed E-state index contributed by atoms with van der Waals surface area (Å²) in [5.41, 5.74) is 0. The molecule has 0 radical (unpaired) electrons. The molecule has 0 saturated carbocycles. The van der Waals surface area contributed by atoms with Gasteiger partial charge < -0.3 is 0 Å². The standard InChI is InChI=1S/C2H3.2CH3.Sn/c1-2;;;/h1H,2H2;2*1H3;/q;;;+1. The fourth-order valence-corrected chi connectivity index (χ4v) is 0. The van der Waals surface area contributed by atoms with Gasteiger partial charge in [0.15, 0.2) is 0 Å². The molecule has 0 rings (SSSR count). The average Bonchev–Trinajstić information content (AvgIpc) is 1.38. The van der Waals surface area contributed by atoms with Gasteiger partial charge in [-0.25, -0.2) is 0 Å². The number of hydrogen-bond donors (Lipinski definition) is 0. The van der Waals surface area contributed by atoms with E-state index < -0.39 is 19.8 Å². The first-order chi connectivity index (χ1) is 2.27. The van der Waals surface area contributed by atoms with Crippen LogP contribution < -0.4 is 0 Å². The summed E-state index contributed by atoms with van der Waals surface area (Å²) in [5.74, 6) is 0. The summed E-state index contributed by atoms with van der Waals surface area (Å²) in [7, 11) is 0. The Morgan fingerprint density at radius 3 is 1.80 bits per heavy atom. The van der Waals surface area contributed by atoms with Gasteiger partial charge >= 0.3 is 40.3 Å². The topological polar surface area (TPSA) is 0 Å². The van der Waals surface area contributed by atoms with Gasteiger partial charge in [0, 0.05) is 0 Å². The second kappa shape index (κ2) is 2.76. The van der Waals surface area contributed by atoms with Crippen LogP contribution in [0.3, 0.4) is 0 Å². The molecule has 0 bridgehead atoms. The Balaban J connectivity index is 2.83. The number of hydrogen-bond acceptors (Lipinski definition) is 0. The molecule has 0 N–H and O–H groups in total. The molecule has 0 amide bonds. The third-order valence-electron chi connectivity index (χ3n) is 0.408. The van der Waals surface area contributed by atoms with E-state index in [9.17, 15) is 0 Å². The van der Waals surface area contributed by atoms with E-state index in [0.29, 0.717) is 0 Å². The van der Waals surface area contributed by atoms with Gasteiger partial charge in [-0.15, -0.1) is 0 Å². The van der Waals surface area contributed by atoms with Gasteiger partial charge in [0.05, 0.1) is 0 Å². The Kier molecular flexibility index (Phi) is 3.06. The molecule has 0 aliphatic heterocycles. The Morgan fingerprint density at radius 1 is 1.60 bits per heavy atom. The van der Waals surface area contributed by atoms with Gasteiger partial charge in [-0.1, -0.05) is 0 Å². The van der Waals surface area contributed by atoms with Crippen molar-refractivity contribution in [1.82, 2.24) is 0 Å². The minimum atomic E-state index is -0.816. The zero-order valence-electron chi connectivity index (χ0n) is 3.78. The summed E-state index contributed by atoms with van der Waals surface area (Å²) >= 11 is -0.816. The molecule has 0 spiro atoms. The fourth-order valence-electron chi connectivity index (χ4n) is 0. The molecule has 28 valence electrons. The molecule has 0 fully saturated rings. The molecular weight excluding hydrogens is 167 g/mol. The van der Waals surface area contributed by atoms with Crippen molar-refractivity contribution in [2.24, 2.45) is 0 Å². The summed E-state index contributed by atoms with van der Waals surface area (Å²) in [5, 5.41) is 0. The molecule has 0 saturated heterocycles. The minimum absolute atomic E-state index is 0.816. The molecule has 0 aliphatic rings. The number of rotatable bonds is 1. The summed E-state index contributed by atoms with van der Waals surface area (Å²) in [6, 6.07) is 0. The third kappa shape index (κ3) is 4.54. The Hall–Kier alpha value is 0.539. The monoisotopic (exact) mass is 177 g/mol. The Morgan fingerprint density at radius 2 is 1.80 bits per heavy atom. The van der Waals surface area contributed by atoms with Crippen LogP contribution in [0.1, 0.15) is 0 Å². The van der Waals surface area contributed by atoms with Crippen molar-refractivity contribution >= 4 is 19.8 Å². The van der Waals surface area contributed by atoms with Gasteiger partial charge in [0.2, 0.25) is 0 Å². The normalized spacial score (nSPS) is 6.80. The Labute approximate surface area is 40.6 Å². The van der Waals surface area contributed by atoms with Gasteiger partial charge in [-0.3, -0.25) is 0 Å². The van der Waals surface area contributed by atoms with Crippen molar-refractivity contribution < 1.29 is 0 Å². The molecule has 1 heteroatoms. The molecule has 0 aromatic rings. The second-order valence-corrected chi connectivity index (χ2v) is 8.60. The molecule has 0 aromatic carbocycles. The van der Waals surface area contributed by atoms with Crippen LogP contribution in [0.5, 0.6) is 0 Å². The van der Waals surface area contributed by atoms with E-state index in [1.807, 2.05) is 0 Å². The first kappa shape index (κ1) is 5.54. The van der Waals surface area contributed by atoms with Gasteiger partial charge in [-0.2, -0.15) is 0 Å². The maximum absolute atomic E-state index is 3.65. The Bertz CT molecular complexity index is 30.6. The quantitative estimate of drug-likeness (QED) is 0.530.